The second-order valence-corrected chi connectivity index (χ2v) is 11.6. The first-order chi connectivity index (χ1) is 20.7. The van der Waals surface area contributed by atoms with E-state index in [4.69, 9.17) is 4.74 Å². The zero-order valence-corrected chi connectivity index (χ0v) is 25.1. The molecule has 4 N–H and O–H groups in total. The molecule has 4 aromatic heterocycles. The van der Waals surface area contributed by atoms with Crippen LogP contribution in [0.2, 0.25) is 0 Å². The summed E-state index contributed by atoms with van der Waals surface area (Å²) in [4.78, 5) is 53.3. The lowest BCUT2D eigenvalue weighted by Gasteiger charge is -2.26. The molecule has 0 radical (unpaired) electrons. The molecule has 5 rings (SSSR count). The van der Waals surface area contributed by atoms with E-state index in [1.54, 1.807) is 47.1 Å². The maximum Gasteiger partial charge on any atom is 0.272 e. The zero-order chi connectivity index (χ0) is 30.5. The summed E-state index contributed by atoms with van der Waals surface area (Å²) in [7, 11) is 3.40. The number of aryl methyl sites for hydroxylation is 2. The summed E-state index contributed by atoms with van der Waals surface area (Å²) >= 11 is 2.10. The lowest BCUT2D eigenvalue weighted by Crippen LogP contribution is -2.41. The van der Waals surface area contributed by atoms with Crippen LogP contribution in [0.5, 0.6) is 0 Å². The van der Waals surface area contributed by atoms with Crippen molar-refractivity contribution < 1.29 is 28.3 Å². The summed E-state index contributed by atoms with van der Waals surface area (Å²) in [5.74, 6) is -2.29. The van der Waals surface area contributed by atoms with E-state index in [9.17, 15) is 23.6 Å². The first-order valence-corrected chi connectivity index (χ1v) is 15.1. The lowest BCUT2D eigenvalue weighted by atomic mass is 10.3. The fourth-order valence-corrected chi connectivity index (χ4v) is 5.91. The Labute approximate surface area is 254 Å². The van der Waals surface area contributed by atoms with E-state index >= 15 is 0 Å². The van der Waals surface area contributed by atoms with Crippen molar-refractivity contribution in [1.82, 2.24) is 19.4 Å². The van der Waals surface area contributed by atoms with Crippen LogP contribution < -0.4 is 21.3 Å². The maximum atomic E-state index is 13.7. The number of aromatic nitrogens is 2. The third-order valence-electron chi connectivity index (χ3n) is 6.71. The van der Waals surface area contributed by atoms with Crippen LogP contribution in [0.4, 0.5) is 21.5 Å². The average molecular weight is 628 g/mol. The average Bonchev–Trinajstić information content (AvgIpc) is 3.77. The van der Waals surface area contributed by atoms with Gasteiger partial charge in [-0.15, -0.1) is 22.7 Å². The number of carbonyl (C=O) groups is 4. The van der Waals surface area contributed by atoms with Crippen LogP contribution in [0, 0.1) is 5.82 Å². The van der Waals surface area contributed by atoms with Crippen LogP contribution >= 0.6 is 22.7 Å². The first-order valence-electron chi connectivity index (χ1n) is 13.3. The Morgan fingerprint density at radius 3 is 2.12 bits per heavy atom. The van der Waals surface area contributed by atoms with Gasteiger partial charge in [0.1, 0.15) is 22.1 Å². The molecule has 43 heavy (non-hydrogen) atoms. The summed E-state index contributed by atoms with van der Waals surface area (Å²) in [6, 6.07) is 5.84. The number of anilines is 3. The van der Waals surface area contributed by atoms with E-state index in [1.807, 2.05) is 0 Å². The largest absolute Gasteiger partial charge is 0.379 e. The van der Waals surface area contributed by atoms with Gasteiger partial charge in [0.25, 0.3) is 23.6 Å². The van der Waals surface area contributed by atoms with Crippen molar-refractivity contribution in [3.05, 3.63) is 74.4 Å². The molecule has 0 spiro atoms. The van der Waals surface area contributed by atoms with Crippen molar-refractivity contribution in [2.75, 3.05) is 55.3 Å². The Morgan fingerprint density at radius 2 is 1.47 bits per heavy atom. The molecule has 0 bridgehead atoms. The Morgan fingerprint density at radius 1 is 0.837 bits per heavy atom. The van der Waals surface area contributed by atoms with E-state index < -0.39 is 23.5 Å². The van der Waals surface area contributed by atoms with Crippen LogP contribution in [-0.2, 0) is 18.8 Å². The highest BCUT2D eigenvalue weighted by atomic mass is 32.1. The molecule has 0 saturated carbocycles. The first kappa shape index (κ1) is 30.2. The van der Waals surface area contributed by atoms with Gasteiger partial charge in [-0.05, 0) is 29.6 Å². The molecule has 1 aliphatic rings. The SMILES string of the molecule is Cn1cc(NC(=O)c2cc(NC(=O)c3cc(NC(=O)c4sccc4F)cs3)cn2C)cc1C(=O)NCCN1CCOCC1. The molecule has 4 amide bonds. The summed E-state index contributed by atoms with van der Waals surface area (Å²) in [5, 5.41) is 14.1. The molecular weight excluding hydrogens is 597 g/mol. The number of rotatable bonds is 10. The van der Waals surface area contributed by atoms with Crippen molar-refractivity contribution in [3.8, 4) is 0 Å². The van der Waals surface area contributed by atoms with Crippen LogP contribution in [0.1, 0.15) is 40.3 Å². The molecule has 1 aliphatic heterocycles. The van der Waals surface area contributed by atoms with E-state index in [1.165, 1.54) is 23.6 Å². The molecule has 12 nitrogen and oxygen atoms in total. The molecule has 226 valence electrons. The highest BCUT2D eigenvalue weighted by Crippen LogP contribution is 2.24. The quantitative estimate of drug-likeness (QED) is 0.213. The lowest BCUT2D eigenvalue weighted by molar-refractivity contribution is 0.0383. The topological polar surface area (TPSA) is 139 Å². The van der Waals surface area contributed by atoms with Crippen LogP contribution in [0.25, 0.3) is 0 Å². The highest BCUT2D eigenvalue weighted by molar-refractivity contribution is 7.13. The number of halogens is 1. The van der Waals surface area contributed by atoms with Crippen LogP contribution in [0.15, 0.2) is 47.4 Å². The molecule has 0 aromatic carbocycles. The normalized spacial score (nSPS) is 13.5. The number of hydrogen-bond donors (Lipinski definition) is 4. The van der Waals surface area contributed by atoms with Gasteiger partial charge in [0.15, 0.2) is 0 Å². The fraction of sp³-hybridized carbons (Fsp3) is 0.286. The fourth-order valence-electron chi connectivity index (χ4n) is 4.51. The number of nitrogens with zero attached hydrogens (tertiary/aromatic N) is 3. The smallest absolute Gasteiger partial charge is 0.272 e. The number of thiophene rings is 2. The molecule has 4 aromatic rings. The molecule has 1 saturated heterocycles. The van der Waals surface area contributed by atoms with Gasteiger partial charge in [-0.1, -0.05) is 0 Å². The maximum absolute atomic E-state index is 13.7. The van der Waals surface area contributed by atoms with E-state index in [0.717, 1.165) is 42.3 Å². The number of carbonyl (C=O) groups excluding carboxylic acids is 4. The molecule has 0 aliphatic carbocycles. The Hall–Kier alpha value is -4.31. The minimum atomic E-state index is -0.604. The van der Waals surface area contributed by atoms with Gasteiger partial charge in [-0.3, -0.25) is 24.1 Å². The summed E-state index contributed by atoms with van der Waals surface area (Å²) < 4.78 is 22.2. The number of hydrogen-bond acceptors (Lipinski definition) is 8. The predicted octanol–water partition coefficient (Wildman–Crippen LogP) is 3.44. The van der Waals surface area contributed by atoms with Gasteiger partial charge in [-0.25, -0.2) is 4.39 Å². The molecule has 1 fully saturated rings. The minimum absolute atomic E-state index is 0.0400. The van der Waals surface area contributed by atoms with Crippen LogP contribution in [0.3, 0.4) is 0 Å². The third kappa shape index (κ3) is 7.37. The van der Waals surface area contributed by atoms with E-state index in [-0.39, 0.29) is 16.5 Å². The van der Waals surface area contributed by atoms with Gasteiger partial charge < -0.3 is 35.1 Å². The van der Waals surface area contributed by atoms with Gasteiger partial charge in [0.2, 0.25) is 0 Å². The molecular formula is C28H30FN7O5S2. The zero-order valence-electron chi connectivity index (χ0n) is 23.4. The number of morpholine rings is 1. The second-order valence-electron chi connectivity index (χ2n) is 9.82. The van der Waals surface area contributed by atoms with Gasteiger partial charge in [0, 0.05) is 58.0 Å². The minimum Gasteiger partial charge on any atom is -0.379 e. The second kappa shape index (κ2) is 13.3. The summed E-state index contributed by atoms with van der Waals surface area (Å²) in [5.41, 5.74) is 1.91. The monoisotopic (exact) mass is 627 g/mol. The number of nitrogens with one attached hydrogen (secondary N) is 4. The number of amides is 4. The van der Waals surface area contributed by atoms with Crippen molar-refractivity contribution in [2.24, 2.45) is 14.1 Å². The van der Waals surface area contributed by atoms with Gasteiger partial charge in [0.05, 0.1) is 35.2 Å². The Kier molecular flexibility index (Phi) is 9.35. The summed E-state index contributed by atoms with van der Waals surface area (Å²) in [6.45, 7) is 4.31. The van der Waals surface area contributed by atoms with Crippen LogP contribution in [-0.4, -0.2) is 77.1 Å². The predicted molar refractivity (Wildman–Crippen MR) is 163 cm³/mol. The van der Waals surface area contributed by atoms with E-state index in [0.29, 0.717) is 47.4 Å². The highest BCUT2D eigenvalue weighted by Gasteiger charge is 2.19. The Balaban J connectivity index is 1.15. The number of ether oxygens (including phenoxy) is 1. The van der Waals surface area contributed by atoms with E-state index in [2.05, 4.69) is 26.2 Å². The molecule has 15 heteroatoms. The Bertz CT molecular complexity index is 1650. The van der Waals surface area contributed by atoms with Crippen molar-refractivity contribution in [1.29, 1.82) is 0 Å². The summed E-state index contributed by atoms with van der Waals surface area (Å²) in [6.07, 6.45) is 3.25. The molecule has 0 atom stereocenters. The molecule has 0 unspecified atom stereocenters. The molecule has 5 heterocycles. The van der Waals surface area contributed by atoms with Crippen molar-refractivity contribution >= 4 is 63.4 Å². The van der Waals surface area contributed by atoms with Gasteiger partial charge in [-0.2, -0.15) is 0 Å². The van der Waals surface area contributed by atoms with Crippen molar-refractivity contribution in [3.63, 3.8) is 0 Å². The third-order valence-corrected chi connectivity index (χ3v) is 8.53. The van der Waals surface area contributed by atoms with Gasteiger partial charge >= 0.3 is 0 Å². The standard InChI is InChI=1S/C28H30FN7O5S2/c1-34-14-17(11-21(34)25(37)30-4-5-36-6-8-41-9-7-36)31-26(38)22-12-18(15-35(22)2)32-27(39)23-13-19(16-43-23)33-28(40)24-20(29)3-10-42-24/h3,10-16H,4-9H2,1-2H3,(H,30,37)(H,31,38)(H,32,39)(H,33,40). The van der Waals surface area contributed by atoms with Crippen molar-refractivity contribution in [2.45, 2.75) is 0 Å².